The predicted octanol–water partition coefficient (Wildman–Crippen LogP) is 2.46. The molecule has 0 fully saturated rings. The summed E-state index contributed by atoms with van der Waals surface area (Å²) >= 11 is 0. The van der Waals surface area contributed by atoms with Crippen molar-refractivity contribution in [3.8, 4) is 11.4 Å². The van der Waals surface area contributed by atoms with Gasteiger partial charge in [-0.05, 0) is 24.3 Å². The Bertz CT molecular complexity index is 845. The Hall–Kier alpha value is -2.83. The van der Waals surface area contributed by atoms with E-state index in [-0.39, 0.29) is 17.0 Å². The van der Waals surface area contributed by atoms with Gasteiger partial charge in [-0.3, -0.25) is 4.40 Å². The molecule has 1 aromatic carbocycles. The zero-order valence-corrected chi connectivity index (χ0v) is 10.9. The number of ether oxygens (including phenoxy) is 1. The molecule has 0 N–H and O–H groups in total. The van der Waals surface area contributed by atoms with Crippen LogP contribution in [-0.4, -0.2) is 27.7 Å². The Labute approximate surface area is 117 Å². The molecule has 0 saturated carbocycles. The zero-order chi connectivity index (χ0) is 15.0. The third-order valence-electron chi connectivity index (χ3n) is 3.02. The molecule has 3 aromatic rings. The molecule has 0 radical (unpaired) electrons. The van der Waals surface area contributed by atoms with E-state index in [1.165, 1.54) is 35.9 Å². The molecule has 0 unspecified atom stereocenters. The molecule has 2 aromatic heterocycles. The van der Waals surface area contributed by atoms with Crippen molar-refractivity contribution in [3.63, 3.8) is 0 Å². The fraction of sp³-hybridized carbons (Fsp3) is 0.0714. The van der Waals surface area contributed by atoms with Crippen LogP contribution in [0.15, 0.2) is 36.5 Å². The number of carbonyl (C=O) groups is 1. The van der Waals surface area contributed by atoms with Crippen LogP contribution in [-0.2, 0) is 4.74 Å². The second kappa shape index (κ2) is 4.93. The largest absolute Gasteiger partial charge is 0.465 e. The van der Waals surface area contributed by atoms with Gasteiger partial charge in [-0.25, -0.2) is 13.6 Å². The number of carbonyl (C=O) groups excluding carboxylic acids is 1. The first kappa shape index (κ1) is 13.2. The van der Waals surface area contributed by atoms with Gasteiger partial charge in [-0.1, -0.05) is 6.07 Å². The van der Waals surface area contributed by atoms with Crippen molar-refractivity contribution in [3.05, 3.63) is 53.7 Å². The number of esters is 1. The number of pyridine rings is 1. The Morgan fingerprint density at radius 1 is 1.19 bits per heavy atom. The average Bonchev–Trinajstić information content (AvgIpc) is 2.92. The first-order valence-electron chi connectivity index (χ1n) is 5.99. The fourth-order valence-corrected chi connectivity index (χ4v) is 1.99. The number of benzene rings is 1. The fourth-order valence-electron chi connectivity index (χ4n) is 1.99. The van der Waals surface area contributed by atoms with Crippen LogP contribution in [0.1, 0.15) is 10.4 Å². The van der Waals surface area contributed by atoms with Crippen molar-refractivity contribution >= 4 is 11.6 Å². The maximum absolute atomic E-state index is 13.9. The number of fused-ring (bicyclic) bond motifs is 1. The summed E-state index contributed by atoms with van der Waals surface area (Å²) in [5.74, 6) is -2.44. The Kier molecular flexibility index (Phi) is 3.09. The van der Waals surface area contributed by atoms with Crippen LogP contribution in [0.4, 0.5) is 8.78 Å². The molecular formula is C14H9F2N3O2. The molecule has 0 atom stereocenters. The van der Waals surface area contributed by atoms with Crippen molar-refractivity contribution in [1.29, 1.82) is 0 Å². The van der Waals surface area contributed by atoms with E-state index in [0.29, 0.717) is 5.65 Å². The second-order valence-electron chi connectivity index (χ2n) is 4.26. The molecule has 0 aliphatic carbocycles. The maximum Gasteiger partial charge on any atom is 0.339 e. The molecule has 0 amide bonds. The molecule has 7 heteroatoms. The highest BCUT2D eigenvalue weighted by atomic mass is 19.2. The summed E-state index contributed by atoms with van der Waals surface area (Å²) < 4.78 is 33.2. The lowest BCUT2D eigenvalue weighted by Crippen LogP contribution is -2.03. The van der Waals surface area contributed by atoms with Gasteiger partial charge < -0.3 is 4.74 Å². The van der Waals surface area contributed by atoms with Gasteiger partial charge in [-0.2, -0.15) is 0 Å². The molecule has 106 valence electrons. The van der Waals surface area contributed by atoms with Gasteiger partial charge in [0.2, 0.25) is 0 Å². The topological polar surface area (TPSA) is 56.5 Å². The number of halogens is 2. The minimum absolute atomic E-state index is 0.0375. The summed E-state index contributed by atoms with van der Waals surface area (Å²) in [6.07, 6.45) is 1.42. The molecule has 0 saturated heterocycles. The van der Waals surface area contributed by atoms with Gasteiger partial charge in [0, 0.05) is 6.20 Å². The molecule has 2 heterocycles. The van der Waals surface area contributed by atoms with Crippen molar-refractivity contribution < 1.29 is 18.3 Å². The van der Waals surface area contributed by atoms with Crippen LogP contribution in [0.3, 0.4) is 0 Å². The van der Waals surface area contributed by atoms with E-state index in [4.69, 9.17) is 0 Å². The van der Waals surface area contributed by atoms with Gasteiger partial charge in [0.1, 0.15) is 0 Å². The van der Waals surface area contributed by atoms with Crippen molar-refractivity contribution in [2.24, 2.45) is 0 Å². The van der Waals surface area contributed by atoms with Crippen LogP contribution < -0.4 is 0 Å². The molecular weight excluding hydrogens is 280 g/mol. The molecule has 0 spiro atoms. The van der Waals surface area contributed by atoms with E-state index in [1.54, 1.807) is 6.07 Å². The van der Waals surface area contributed by atoms with Crippen molar-refractivity contribution in [2.75, 3.05) is 7.11 Å². The first-order valence-corrected chi connectivity index (χ1v) is 5.99. The molecule has 21 heavy (non-hydrogen) atoms. The number of rotatable bonds is 2. The normalized spacial score (nSPS) is 10.8. The average molecular weight is 289 g/mol. The summed E-state index contributed by atoms with van der Waals surface area (Å²) in [5.41, 5.74) is 0.619. The van der Waals surface area contributed by atoms with E-state index >= 15 is 0 Å². The zero-order valence-electron chi connectivity index (χ0n) is 10.9. The van der Waals surface area contributed by atoms with Crippen LogP contribution in [0.5, 0.6) is 0 Å². The van der Waals surface area contributed by atoms with Crippen molar-refractivity contribution in [1.82, 2.24) is 14.6 Å². The van der Waals surface area contributed by atoms with Crippen LogP contribution in [0, 0.1) is 11.6 Å². The third-order valence-corrected chi connectivity index (χ3v) is 3.02. The minimum Gasteiger partial charge on any atom is -0.465 e. The number of nitrogens with zero attached hydrogens (tertiary/aromatic N) is 3. The molecule has 0 bridgehead atoms. The lowest BCUT2D eigenvalue weighted by atomic mass is 10.2. The van der Waals surface area contributed by atoms with Crippen LogP contribution in [0.25, 0.3) is 17.0 Å². The molecule has 0 aliphatic rings. The summed E-state index contributed by atoms with van der Waals surface area (Å²) in [5, 5.41) is 7.71. The lowest BCUT2D eigenvalue weighted by Gasteiger charge is -2.04. The van der Waals surface area contributed by atoms with E-state index in [0.717, 1.165) is 6.07 Å². The summed E-state index contributed by atoms with van der Waals surface area (Å²) in [6.45, 7) is 0. The highest BCUT2D eigenvalue weighted by molar-refractivity contribution is 5.89. The maximum atomic E-state index is 13.9. The van der Waals surface area contributed by atoms with E-state index in [2.05, 4.69) is 14.9 Å². The standard InChI is InChI=1S/C14H9F2N3O2/c1-21-14(20)8-5-6-11-17-18-13(19(11)7-8)9-3-2-4-10(15)12(9)16/h2-7H,1H3. The Morgan fingerprint density at radius 3 is 2.76 bits per heavy atom. The smallest absolute Gasteiger partial charge is 0.339 e. The quantitative estimate of drug-likeness (QED) is 0.680. The highest BCUT2D eigenvalue weighted by Gasteiger charge is 2.16. The van der Waals surface area contributed by atoms with Crippen LogP contribution >= 0.6 is 0 Å². The monoisotopic (exact) mass is 289 g/mol. The minimum atomic E-state index is -1.02. The highest BCUT2D eigenvalue weighted by Crippen LogP contribution is 2.23. The van der Waals surface area contributed by atoms with Gasteiger partial charge in [0.25, 0.3) is 0 Å². The van der Waals surface area contributed by atoms with Gasteiger partial charge in [0.05, 0.1) is 18.2 Å². The van der Waals surface area contributed by atoms with Crippen LogP contribution in [0.2, 0.25) is 0 Å². The Morgan fingerprint density at radius 2 is 2.00 bits per heavy atom. The van der Waals surface area contributed by atoms with E-state index < -0.39 is 17.6 Å². The lowest BCUT2D eigenvalue weighted by molar-refractivity contribution is 0.0600. The second-order valence-corrected chi connectivity index (χ2v) is 4.26. The molecule has 3 rings (SSSR count). The molecule has 0 aliphatic heterocycles. The number of hydrogen-bond donors (Lipinski definition) is 0. The first-order chi connectivity index (χ1) is 10.1. The van der Waals surface area contributed by atoms with E-state index in [9.17, 15) is 13.6 Å². The molecule has 5 nitrogen and oxygen atoms in total. The summed E-state index contributed by atoms with van der Waals surface area (Å²) in [7, 11) is 1.26. The van der Waals surface area contributed by atoms with Crippen molar-refractivity contribution in [2.45, 2.75) is 0 Å². The predicted molar refractivity (Wildman–Crippen MR) is 69.7 cm³/mol. The summed E-state index contributed by atoms with van der Waals surface area (Å²) in [4.78, 5) is 11.5. The number of methoxy groups -OCH3 is 1. The van der Waals surface area contributed by atoms with Gasteiger partial charge >= 0.3 is 5.97 Å². The van der Waals surface area contributed by atoms with Gasteiger partial charge in [0.15, 0.2) is 23.1 Å². The van der Waals surface area contributed by atoms with Gasteiger partial charge in [-0.15, -0.1) is 10.2 Å². The summed E-state index contributed by atoms with van der Waals surface area (Å²) in [6, 6.07) is 6.84. The number of hydrogen-bond acceptors (Lipinski definition) is 4. The third kappa shape index (κ3) is 2.12. The van der Waals surface area contributed by atoms with E-state index in [1.807, 2.05) is 0 Å². The SMILES string of the molecule is COC(=O)c1ccc2nnc(-c3cccc(F)c3F)n2c1. The Balaban J connectivity index is 2.23. The number of aromatic nitrogens is 3.